The van der Waals surface area contributed by atoms with Gasteiger partial charge in [0.25, 0.3) is 0 Å². The van der Waals surface area contributed by atoms with Crippen LogP contribution in [0.25, 0.3) is 0 Å². The zero-order valence-corrected chi connectivity index (χ0v) is 38.5. The summed E-state index contributed by atoms with van der Waals surface area (Å²) in [4.78, 5) is 56.5. The molecule has 2 aromatic rings. The number of likely N-dealkylation sites (tertiary alicyclic amines) is 1. The average molecular weight is 896 g/mol. The number of nitrogens with one attached hydrogen (secondary N) is 2. The van der Waals surface area contributed by atoms with Crippen molar-refractivity contribution in [2.45, 2.75) is 142 Å². The molecule has 2 N–H and O–H groups in total. The first-order valence-corrected chi connectivity index (χ1v) is 24.4. The molecule has 16 heteroatoms. The molecule has 5 aliphatic heterocycles. The number of hydrogen-bond donors (Lipinski definition) is 2. The molecule has 12 atom stereocenters. The van der Waals surface area contributed by atoms with Crippen molar-refractivity contribution >= 4 is 25.5 Å². The molecule has 6 fully saturated rings. The molecular formula is C47H66N3O12P. The Kier molecular flexibility index (Phi) is 15.2. The molecule has 5 heterocycles. The van der Waals surface area contributed by atoms with Gasteiger partial charge in [0.15, 0.2) is 18.2 Å². The Hall–Kier alpha value is -3.66. The zero-order valence-electron chi connectivity index (χ0n) is 37.6. The second-order valence-electron chi connectivity index (χ2n) is 18.3. The highest BCUT2D eigenvalue weighted by atomic mass is 31.2. The fourth-order valence-corrected chi connectivity index (χ4v) is 11.5. The Morgan fingerprint density at radius 3 is 2.32 bits per heavy atom. The van der Waals surface area contributed by atoms with E-state index in [1.54, 1.807) is 19.9 Å². The molecule has 1 spiro atoms. The van der Waals surface area contributed by atoms with Crippen LogP contribution in [0.4, 0.5) is 4.79 Å². The number of carbonyl (C=O) groups is 3. The largest absolute Gasteiger partial charge is 0.445 e. The minimum Gasteiger partial charge on any atom is -0.445 e. The average Bonchev–Trinajstić information content (AvgIpc) is 3.56. The van der Waals surface area contributed by atoms with E-state index in [9.17, 15) is 18.9 Å². The first-order chi connectivity index (χ1) is 30.2. The van der Waals surface area contributed by atoms with Crippen LogP contribution in [0.15, 0.2) is 72.6 Å². The van der Waals surface area contributed by atoms with Gasteiger partial charge < -0.3 is 38.6 Å². The number of fused-ring (bicyclic) bond motifs is 2. The van der Waals surface area contributed by atoms with Crippen LogP contribution in [0.3, 0.4) is 0 Å². The van der Waals surface area contributed by atoms with Crippen LogP contribution in [0.2, 0.25) is 0 Å². The Labute approximate surface area is 371 Å². The molecule has 0 radical (unpaired) electrons. The number of hydrogen-bond acceptors (Lipinski definition) is 12. The first kappa shape index (κ1) is 47.3. The van der Waals surface area contributed by atoms with Crippen LogP contribution in [-0.4, -0.2) is 84.7 Å². The van der Waals surface area contributed by atoms with E-state index < -0.39 is 73.7 Å². The second-order valence-corrected chi connectivity index (χ2v) is 20.2. The van der Waals surface area contributed by atoms with Gasteiger partial charge in [0.2, 0.25) is 17.6 Å². The summed E-state index contributed by atoms with van der Waals surface area (Å²) in [6, 6.07) is 15.8. The fourth-order valence-electron chi connectivity index (χ4n) is 10.2. The molecule has 15 nitrogen and oxygen atoms in total. The third kappa shape index (κ3) is 10.6. The molecule has 1 saturated carbocycles. The lowest BCUT2D eigenvalue weighted by Gasteiger charge is -2.60. The summed E-state index contributed by atoms with van der Waals surface area (Å²) in [7, 11) is -3.60. The SMILES string of the molecule is CCOP(=O)(/C=C/C(NC(=O)[C@H](CC(C)C)NC(=O)[C@@H]1C[C@@H](O[C@H]2O[C@@H]3O[C@]4(C)CC[C@H]5[C@H](C)CC[C@@H]([C@H]2C)[C@@]35OO4)CN1C(=O)OCc1ccccc1)c1ccccc1)OCC. The number of nitrogens with zero attached hydrogens (tertiary/aromatic N) is 1. The van der Waals surface area contributed by atoms with Crippen LogP contribution in [0.5, 0.6) is 0 Å². The minimum atomic E-state index is -3.60. The third-order valence-electron chi connectivity index (χ3n) is 13.3. The molecule has 2 bridgehead atoms. The van der Waals surface area contributed by atoms with Crippen LogP contribution in [0.1, 0.15) is 104 Å². The van der Waals surface area contributed by atoms with Crippen LogP contribution < -0.4 is 10.6 Å². The van der Waals surface area contributed by atoms with Crippen LogP contribution >= 0.6 is 7.60 Å². The highest BCUT2D eigenvalue weighted by molar-refractivity contribution is 7.57. The highest BCUT2D eigenvalue weighted by Gasteiger charge is 2.69. The van der Waals surface area contributed by atoms with E-state index in [4.69, 9.17) is 37.8 Å². The van der Waals surface area contributed by atoms with Crippen molar-refractivity contribution < 1.29 is 56.7 Å². The van der Waals surface area contributed by atoms with Gasteiger partial charge in [0.05, 0.1) is 31.9 Å². The molecule has 1 unspecified atom stereocenters. The molecule has 1 aliphatic carbocycles. The highest BCUT2D eigenvalue weighted by Crippen LogP contribution is 2.61. The Morgan fingerprint density at radius 1 is 0.937 bits per heavy atom. The van der Waals surface area contributed by atoms with Gasteiger partial charge in [0.1, 0.15) is 18.7 Å². The monoisotopic (exact) mass is 895 g/mol. The summed E-state index contributed by atoms with van der Waals surface area (Å²) in [6.07, 6.45) is 2.78. The Bertz CT molecular complexity index is 1950. The molecular weight excluding hydrogens is 829 g/mol. The standard InChI is InChI=1S/C47H66N3O12P/c1-8-56-63(54,57-9-2)25-23-38(34-18-14-11-15-19-34)48-41(51)39(26-30(3)4)49-42(52)40-27-35(28-50(40)45(53)55-29-33-16-12-10-13-17-33)58-43-32(6)37-21-20-31(5)36-22-24-46(7)60-44(59-43)47(36,37)62-61-46/h10-19,23,25,30-32,35-40,43-44H,8-9,20-22,24,26-29H2,1-7H3,(H,48,51)(H,49,52)/b25-23+/t31-,32-,35-,36+,37+,38?,39+,40+,43+,44-,46+,47-/m1/s1. The van der Waals surface area contributed by atoms with Gasteiger partial charge in [-0.1, -0.05) is 88.4 Å². The number of amides is 3. The first-order valence-electron chi connectivity index (χ1n) is 22.7. The number of rotatable bonds is 17. The van der Waals surface area contributed by atoms with Gasteiger partial charge >= 0.3 is 13.7 Å². The number of carbonyl (C=O) groups excluding carboxylic acids is 3. The molecule has 6 aliphatic rings. The molecule has 63 heavy (non-hydrogen) atoms. The predicted octanol–water partition coefficient (Wildman–Crippen LogP) is 8.16. The number of benzene rings is 2. The normalized spacial score (nSPS) is 32.5. The summed E-state index contributed by atoms with van der Waals surface area (Å²) in [5, 5.41) is 6.03. The lowest BCUT2D eigenvalue weighted by molar-refractivity contribution is -0.578. The van der Waals surface area contributed by atoms with Crippen molar-refractivity contribution in [3.05, 3.63) is 83.7 Å². The lowest BCUT2D eigenvalue weighted by Crippen LogP contribution is -2.70. The van der Waals surface area contributed by atoms with Crippen molar-refractivity contribution in [1.82, 2.24) is 15.5 Å². The van der Waals surface area contributed by atoms with Gasteiger partial charge in [-0.15, -0.1) is 0 Å². The van der Waals surface area contributed by atoms with Gasteiger partial charge in [-0.2, -0.15) is 0 Å². The summed E-state index contributed by atoms with van der Waals surface area (Å²) in [5.74, 6) is -0.0902. The van der Waals surface area contributed by atoms with Gasteiger partial charge in [0, 0.05) is 30.5 Å². The van der Waals surface area contributed by atoms with E-state index in [0.717, 1.165) is 30.4 Å². The minimum absolute atomic E-state index is 0.00297. The molecule has 3 amide bonds. The fraction of sp³-hybridized carbons (Fsp3) is 0.638. The third-order valence-corrected chi connectivity index (χ3v) is 15.1. The topological polar surface area (TPSA) is 169 Å². The van der Waals surface area contributed by atoms with Crippen molar-refractivity contribution in [2.24, 2.45) is 29.6 Å². The Balaban J connectivity index is 1.10. The van der Waals surface area contributed by atoms with Crippen LogP contribution in [0, 0.1) is 29.6 Å². The summed E-state index contributed by atoms with van der Waals surface area (Å²) < 4.78 is 50.2. The van der Waals surface area contributed by atoms with E-state index in [2.05, 4.69) is 24.5 Å². The van der Waals surface area contributed by atoms with E-state index in [1.165, 1.54) is 10.7 Å². The maximum absolute atomic E-state index is 14.5. The lowest BCUT2D eigenvalue weighted by atomic mass is 9.58. The van der Waals surface area contributed by atoms with Gasteiger partial charge in [-0.3, -0.25) is 19.1 Å². The smallest absolute Gasteiger partial charge is 0.410 e. The molecule has 8 rings (SSSR count). The molecule has 5 saturated heterocycles. The Morgan fingerprint density at radius 2 is 1.63 bits per heavy atom. The number of ether oxygens (including phenoxy) is 4. The van der Waals surface area contributed by atoms with Crippen molar-refractivity contribution in [3.8, 4) is 0 Å². The summed E-state index contributed by atoms with van der Waals surface area (Å²) >= 11 is 0. The quantitative estimate of drug-likeness (QED) is 0.116. The molecule has 2 aromatic carbocycles. The van der Waals surface area contributed by atoms with Gasteiger partial charge in [-0.05, 0) is 81.4 Å². The summed E-state index contributed by atoms with van der Waals surface area (Å²) in [5.41, 5.74) is 0.744. The maximum Gasteiger partial charge on any atom is 0.410 e. The molecule has 0 aromatic heterocycles. The summed E-state index contributed by atoms with van der Waals surface area (Å²) in [6.45, 7) is 14.0. The van der Waals surface area contributed by atoms with Crippen LogP contribution in [-0.2, 0) is 58.5 Å². The van der Waals surface area contributed by atoms with E-state index in [1.807, 2.05) is 81.4 Å². The van der Waals surface area contributed by atoms with E-state index in [-0.39, 0.29) is 56.5 Å². The second kappa shape index (κ2) is 20.2. The van der Waals surface area contributed by atoms with E-state index in [0.29, 0.717) is 18.8 Å². The van der Waals surface area contributed by atoms with Crippen molar-refractivity contribution in [3.63, 3.8) is 0 Å². The molecule has 346 valence electrons. The zero-order chi connectivity index (χ0) is 44.9. The van der Waals surface area contributed by atoms with Crippen molar-refractivity contribution in [2.75, 3.05) is 19.8 Å². The predicted molar refractivity (Wildman–Crippen MR) is 232 cm³/mol. The van der Waals surface area contributed by atoms with E-state index >= 15 is 0 Å². The van der Waals surface area contributed by atoms with Gasteiger partial charge in [-0.25, -0.2) is 14.6 Å². The maximum atomic E-state index is 14.5. The van der Waals surface area contributed by atoms with Crippen molar-refractivity contribution in [1.29, 1.82) is 0 Å².